The van der Waals surface area contributed by atoms with E-state index in [9.17, 15) is 0 Å². The molecule has 3 nitrogen and oxygen atoms in total. The third-order valence-electron chi connectivity index (χ3n) is 2.19. The summed E-state index contributed by atoms with van der Waals surface area (Å²) in [6.07, 6.45) is 6.55. The van der Waals surface area contributed by atoms with Crippen LogP contribution in [0.4, 0.5) is 0 Å². The standard InChI is InChI=1S/C12H18N2O/c13-8-10-14-9-2-1-3-11-4-6-12(15)7-5-11/h4-8,10,14-15H,1-3,9,13H2/b10-8-. The highest BCUT2D eigenvalue weighted by molar-refractivity contribution is 5.25. The Hall–Kier alpha value is -1.64. The molecule has 3 heteroatoms. The molecule has 1 aromatic rings. The van der Waals surface area contributed by atoms with Crippen LogP contribution in [0.25, 0.3) is 0 Å². The summed E-state index contributed by atoms with van der Waals surface area (Å²) in [7, 11) is 0. The van der Waals surface area contributed by atoms with Crippen molar-refractivity contribution in [3.63, 3.8) is 0 Å². The van der Waals surface area contributed by atoms with Crippen LogP contribution >= 0.6 is 0 Å². The molecule has 0 aliphatic heterocycles. The third kappa shape index (κ3) is 4.96. The summed E-state index contributed by atoms with van der Waals surface area (Å²) in [5.41, 5.74) is 6.45. The summed E-state index contributed by atoms with van der Waals surface area (Å²) >= 11 is 0. The summed E-state index contributed by atoms with van der Waals surface area (Å²) in [5.74, 6) is 0.327. The Kier molecular flexibility index (Phi) is 5.15. The number of aromatic hydroxyl groups is 1. The van der Waals surface area contributed by atoms with Gasteiger partial charge < -0.3 is 16.2 Å². The van der Waals surface area contributed by atoms with E-state index in [0.29, 0.717) is 5.75 Å². The number of nitrogens with one attached hydrogen (secondary N) is 1. The lowest BCUT2D eigenvalue weighted by atomic mass is 10.1. The van der Waals surface area contributed by atoms with Crippen LogP contribution in [0, 0.1) is 0 Å². The van der Waals surface area contributed by atoms with Gasteiger partial charge in [-0.2, -0.15) is 0 Å². The molecule has 0 spiro atoms. The second-order valence-electron chi connectivity index (χ2n) is 3.44. The SMILES string of the molecule is N/C=C\NCCCCc1ccc(O)cc1. The molecular formula is C12H18N2O. The number of unbranched alkanes of at least 4 members (excludes halogenated alkanes) is 1. The molecule has 0 amide bonds. The first-order chi connectivity index (χ1) is 7.33. The number of hydrogen-bond donors (Lipinski definition) is 3. The number of phenolic OH excluding ortho intramolecular Hbond substituents is 1. The van der Waals surface area contributed by atoms with Crippen LogP contribution in [-0.4, -0.2) is 11.7 Å². The van der Waals surface area contributed by atoms with Gasteiger partial charge in [-0.1, -0.05) is 12.1 Å². The summed E-state index contributed by atoms with van der Waals surface area (Å²) in [6.45, 7) is 0.950. The highest BCUT2D eigenvalue weighted by Gasteiger charge is 1.93. The average Bonchev–Trinajstić information content (AvgIpc) is 2.26. The fourth-order valence-corrected chi connectivity index (χ4v) is 1.37. The number of rotatable bonds is 6. The molecular weight excluding hydrogens is 188 g/mol. The smallest absolute Gasteiger partial charge is 0.115 e. The number of nitrogens with two attached hydrogens (primary N) is 1. The maximum Gasteiger partial charge on any atom is 0.115 e. The molecule has 0 aliphatic rings. The summed E-state index contributed by atoms with van der Waals surface area (Å²) in [6, 6.07) is 7.38. The zero-order chi connectivity index (χ0) is 10.9. The van der Waals surface area contributed by atoms with Crippen LogP contribution < -0.4 is 11.1 Å². The quantitative estimate of drug-likeness (QED) is 0.621. The summed E-state index contributed by atoms with van der Waals surface area (Å²) in [4.78, 5) is 0. The maximum absolute atomic E-state index is 9.10. The Bertz CT molecular complexity index is 293. The lowest BCUT2D eigenvalue weighted by Gasteiger charge is -2.02. The molecule has 0 heterocycles. The van der Waals surface area contributed by atoms with Crippen molar-refractivity contribution in [3.05, 3.63) is 42.2 Å². The minimum atomic E-state index is 0.327. The second-order valence-corrected chi connectivity index (χ2v) is 3.44. The minimum Gasteiger partial charge on any atom is -0.508 e. The van der Waals surface area contributed by atoms with E-state index in [1.54, 1.807) is 18.3 Å². The molecule has 0 saturated heterocycles. The fraction of sp³-hybridized carbons (Fsp3) is 0.333. The molecule has 82 valence electrons. The van der Waals surface area contributed by atoms with Crippen LogP contribution in [-0.2, 0) is 6.42 Å². The van der Waals surface area contributed by atoms with Crippen LogP contribution in [0.2, 0.25) is 0 Å². The molecule has 1 aromatic carbocycles. The zero-order valence-electron chi connectivity index (χ0n) is 8.82. The third-order valence-corrected chi connectivity index (χ3v) is 2.19. The van der Waals surface area contributed by atoms with Crippen LogP contribution in [0.1, 0.15) is 18.4 Å². The van der Waals surface area contributed by atoms with Crippen molar-refractivity contribution in [2.24, 2.45) is 5.73 Å². The molecule has 0 fully saturated rings. The van der Waals surface area contributed by atoms with Gasteiger partial charge in [0.05, 0.1) is 0 Å². The van der Waals surface area contributed by atoms with Gasteiger partial charge in [-0.05, 0) is 37.0 Å². The van der Waals surface area contributed by atoms with Gasteiger partial charge in [0.2, 0.25) is 0 Å². The topological polar surface area (TPSA) is 58.3 Å². The van der Waals surface area contributed by atoms with Gasteiger partial charge in [0.25, 0.3) is 0 Å². The molecule has 4 N–H and O–H groups in total. The molecule has 15 heavy (non-hydrogen) atoms. The number of hydrogen-bond acceptors (Lipinski definition) is 3. The van der Waals surface area contributed by atoms with E-state index in [-0.39, 0.29) is 0 Å². The van der Waals surface area contributed by atoms with Gasteiger partial charge in [-0.15, -0.1) is 0 Å². The van der Waals surface area contributed by atoms with E-state index < -0.39 is 0 Å². The van der Waals surface area contributed by atoms with Crippen LogP contribution in [0.5, 0.6) is 5.75 Å². The normalized spacial score (nSPS) is 10.7. The van der Waals surface area contributed by atoms with E-state index in [4.69, 9.17) is 10.8 Å². The van der Waals surface area contributed by atoms with Crippen molar-refractivity contribution in [1.82, 2.24) is 5.32 Å². The van der Waals surface area contributed by atoms with Crippen molar-refractivity contribution >= 4 is 0 Å². The largest absolute Gasteiger partial charge is 0.508 e. The van der Waals surface area contributed by atoms with Crippen molar-refractivity contribution < 1.29 is 5.11 Å². The highest BCUT2D eigenvalue weighted by atomic mass is 16.3. The molecule has 0 saturated carbocycles. The molecule has 0 unspecified atom stereocenters. The maximum atomic E-state index is 9.10. The average molecular weight is 206 g/mol. The van der Waals surface area contributed by atoms with E-state index in [0.717, 1.165) is 25.8 Å². The van der Waals surface area contributed by atoms with Crippen LogP contribution in [0.15, 0.2) is 36.7 Å². The molecule has 1 rings (SSSR count). The van der Waals surface area contributed by atoms with Crippen molar-refractivity contribution in [2.45, 2.75) is 19.3 Å². The van der Waals surface area contributed by atoms with Gasteiger partial charge in [0.15, 0.2) is 0 Å². The van der Waals surface area contributed by atoms with Gasteiger partial charge >= 0.3 is 0 Å². The van der Waals surface area contributed by atoms with Gasteiger partial charge in [0, 0.05) is 18.9 Å². The Labute approximate surface area is 90.6 Å². The Morgan fingerprint density at radius 1 is 1.20 bits per heavy atom. The highest BCUT2D eigenvalue weighted by Crippen LogP contribution is 2.11. The predicted octanol–water partition coefficient (Wildman–Crippen LogP) is 1.73. The van der Waals surface area contributed by atoms with E-state index in [2.05, 4.69) is 5.32 Å². The van der Waals surface area contributed by atoms with Crippen molar-refractivity contribution in [3.8, 4) is 5.75 Å². The van der Waals surface area contributed by atoms with Gasteiger partial charge in [0.1, 0.15) is 5.75 Å². The van der Waals surface area contributed by atoms with Gasteiger partial charge in [-0.25, -0.2) is 0 Å². The Morgan fingerprint density at radius 2 is 1.93 bits per heavy atom. The summed E-state index contributed by atoms with van der Waals surface area (Å²) < 4.78 is 0. The van der Waals surface area contributed by atoms with E-state index >= 15 is 0 Å². The molecule has 0 radical (unpaired) electrons. The first kappa shape index (κ1) is 11.4. The minimum absolute atomic E-state index is 0.327. The zero-order valence-corrected chi connectivity index (χ0v) is 8.82. The van der Waals surface area contributed by atoms with Crippen molar-refractivity contribution in [2.75, 3.05) is 6.54 Å². The molecule has 0 bridgehead atoms. The number of phenols is 1. The molecule has 0 aliphatic carbocycles. The lowest BCUT2D eigenvalue weighted by Crippen LogP contribution is -2.07. The first-order valence-electron chi connectivity index (χ1n) is 5.21. The van der Waals surface area contributed by atoms with E-state index in [1.165, 1.54) is 11.8 Å². The second kappa shape index (κ2) is 6.76. The Morgan fingerprint density at radius 3 is 2.60 bits per heavy atom. The molecule has 0 atom stereocenters. The lowest BCUT2D eigenvalue weighted by molar-refractivity contribution is 0.475. The number of benzene rings is 1. The van der Waals surface area contributed by atoms with Crippen molar-refractivity contribution in [1.29, 1.82) is 0 Å². The van der Waals surface area contributed by atoms with E-state index in [1.807, 2.05) is 12.1 Å². The van der Waals surface area contributed by atoms with Gasteiger partial charge in [-0.3, -0.25) is 0 Å². The summed E-state index contributed by atoms with van der Waals surface area (Å²) in [5, 5.41) is 12.2. The predicted molar refractivity (Wildman–Crippen MR) is 62.4 cm³/mol. The first-order valence-corrected chi connectivity index (χ1v) is 5.21. The fourth-order valence-electron chi connectivity index (χ4n) is 1.37. The van der Waals surface area contributed by atoms with Crippen LogP contribution in [0.3, 0.4) is 0 Å². The Balaban J connectivity index is 2.12. The molecule has 0 aromatic heterocycles. The number of aryl methyl sites for hydroxylation is 1. The monoisotopic (exact) mass is 206 g/mol.